The minimum absolute atomic E-state index is 0.0268. The third-order valence-corrected chi connectivity index (χ3v) is 3.55. The summed E-state index contributed by atoms with van der Waals surface area (Å²) in [5, 5.41) is 2.47. The Morgan fingerprint density at radius 1 is 1.23 bits per heavy atom. The Morgan fingerprint density at radius 2 is 1.92 bits per heavy atom. The van der Waals surface area contributed by atoms with Crippen LogP contribution >= 0.6 is 11.6 Å². The first-order chi connectivity index (χ1) is 12.4. The van der Waals surface area contributed by atoms with Gasteiger partial charge in [0.2, 0.25) is 0 Å². The number of aldehydes is 1. The summed E-state index contributed by atoms with van der Waals surface area (Å²) in [7, 11) is 0. The number of hydrogen-bond acceptors (Lipinski definition) is 5. The highest BCUT2D eigenvalue weighted by atomic mass is 35.5. The molecule has 0 heterocycles. The van der Waals surface area contributed by atoms with Crippen molar-refractivity contribution in [2.45, 2.75) is 13.0 Å². The number of benzene rings is 2. The average Bonchev–Trinajstić information content (AvgIpc) is 2.62. The number of carbonyl (C=O) groups is 3. The fourth-order valence-electron chi connectivity index (χ4n) is 1.89. The highest BCUT2D eigenvalue weighted by Crippen LogP contribution is 2.22. The molecule has 0 aliphatic rings. The SMILES string of the molecule is CC(OC(=O)COc1ccc(C=O)cc1)C(=O)Nc1ccc(F)cc1Cl. The number of esters is 1. The van der Waals surface area contributed by atoms with Crippen molar-refractivity contribution in [1.29, 1.82) is 0 Å². The molecule has 1 N–H and O–H groups in total. The monoisotopic (exact) mass is 379 g/mol. The van der Waals surface area contributed by atoms with Gasteiger partial charge in [0.1, 0.15) is 17.9 Å². The highest BCUT2D eigenvalue weighted by molar-refractivity contribution is 6.33. The lowest BCUT2D eigenvalue weighted by Gasteiger charge is -2.14. The molecule has 2 aromatic rings. The van der Waals surface area contributed by atoms with E-state index < -0.39 is 30.4 Å². The Morgan fingerprint density at radius 3 is 2.54 bits per heavy atom. The molecule has 0 spiro atoms. The van der Waals surface area contributed by atoms with E-state index in [-0.39, 0.29) is 10.7 Å². The van der Waals surface area contributed by atoms with Crippen molar-refractivity contribution in [3.8, 4) is 5.75 Å². The second-order valence-corrected chi connectivity index (χ2v) is 5.63. The van der Waals surface area contributed by atoms with E-state index in [1.54, 1.807) is 0 Å². The molecule has 2 aromatic carbocycles. The maximum atomic E-state index is 13.0. The standard InChI is InChI=1S/C18H15ClFNO5/c1-11(18(24)21-16-7-4-13(20)8-15(16)19)26-17(23)10-25-14-5-2-12(9-22)3-6-14/h2-9,11H,10H2,1H3,(H,21,24). The van der Waals surface area contributed by atoms with Gasteiger partial charge in [0.25, 0.3) is 5.91 Å². The Kier molecular flexibility index (Phi) is 6.68. The molecule has 0 radical (unpaired) electrons. The van der Waals surface area contributed by atoms with Gasteiger partial charge in [-0.3, -0.25) is 9.59 Å². The first-order valence-electron chi connectivity index (χ1n) is 7.52. The third-order valence-electron chi connectivity index (χ3n) is 3.24. The zero-order valence-corrected chi connectivity index (χ0v) is 14.5. The van der Waals surface area contributed by atoms with E-state index in [1.165, 1.54) is 37.3 Å². The molecule has 1 amide bonds. The fourth-order valence-corrected chi connectivity index (χ4v) is 2.11. The summed E-state index contributed by atoms with van der Waals surface area (Å²) in [5.74, 6) is -1.53. The van der Waals surface area contributed by atoms with Gasteiger partial charge >= 0.3 is 5.97 Å². The summed E-state index contributed by atoms with van der Waals surface area (Å²) in [6, 6.07) is 9.63. The van der Waals surface area contributed by atoms with Crippen molar-refractivity contribution in [3.63, 3.8) is 0 Å². The van der Waals surface area contributed by atoms with E-state index in [0.29, 0.717) is 17.6 Å². The molecule has 0 saturated heterocycles. The normalized spacial score (nSPS) is 11.3. The first kappa shape index (κ1) is 19.4. The minimum Gasteiger partial charge on any atom is -0.482 e. The van der Waals surface area contributed by atoms with Crippen LogP contribution in [0.1, 0.15) is 17.3 Å². The second kappa shape index (κ2) is 8.96. The molecule has 8 heteroatoms. The van der Waals surface area contributed by atoms with Crippen molar-refractivity contribution < 1.29 is 28.2 Å². The molecule has 0 aliphatic carbocycles. The number of amides is 1. The topological polar surface area (TPSA) is 81.7 Å². The van der Waals surface area contributed by atoms with Gasteiger partial charge in [-0.15, -0.1) is 0 Å². The molecule has 1 atom stereocenters. The Labute approximate surface area is 153 Å². The average molecular weight is 380 g/mol. The van der Waals surface area contributed by atoms with Crippen LogP contribution in [0.15, 0.2) is 42.5 Å². The van der Waals surface area contributed by atoms with Crippen molar-refractivity contribution in [3.05, 3.63) is 58.9 Å². The summed E-state index contributed by atoms with van der Waals surface area (Å²) in [4.78, 5) is 34.3. The van der Waals surface area contributed by atoms with Crippen LogP contribution in [0.3, 0.4) is 0 Å². The lowest BCUT2D eigenvalue weighted by atomic mass is 10.2. The smallest absolute Gasteiger partial charge is 0.344 e. The van der Waals surface area contributed by atoms with Gasteiger partial charge in [0, 0.05) is 5.56 Å². The first-order valence-corrected chi connectivity index (χ1v) is 7.90. The van der Waals surface area contributed by atoms with E-state index in [1.807, 2.05) is 0 Å². The van der Waals surface area contributed by atoms with E-state index in [0.717, 1.165) is 12.1 Å². The van der Waals surface area contributed by atoms with Crippen molar-refractivity contribution in [1.82, 2.24) is 0 Å². The van der Waals surface area contributed by atoms with Gasteiger partial charge in [0.05, 0.1) is 10.7 Å². The number of carbonyl (C=O) groups excluding carboxylic acids is 3. The van der Waals surface area contributed by atoms with Gasteiger partial charge in [-0.05, 0) is 49.4 Å². The van der Waals surface area contributed by atoms with Gasteiger partial charge in [-0.1, -0.05) is 11.6 Å². The molecule has 2 rings (SSSR count). The zero-order chi connectivity index (χ0) is 19.1. The summed E-state index contributed by atoms with van der Waals surface area (Å²) in [6.45, 7) is 0.971. The maximum Gasteiger partial charge on any atom is 0.344 e. The van der Waals surface area contributed by atoms with Crippen molar-refractivity contribution in [2.75, 3.05) is 11.9 Å². The molecule has 0 bridgehead atoms. The van der Waals surface area contributed by atoms with E-state index in [2.05, 4.69) is 5.32 Å². The molecule has 0 aromatic heterocycles. The van der Waals surface area contributed by atoms with Crippen molar-refractivity contribution in [2.24, 2.45) is 0 Å². The molecule has 26 heavy (non-hydrogen) atoms. The molecular weight excluding hydrogens is 365 g/mol. The minimum atomic E-state index is -1.11. The van der Waals surface area contributed by atoms with E-state index in [9.17, 15) is 18.8 Å². The Bertz CT molecular complexity index is 810. The van der Waals surface area contributed by atoms with Crippen molar-refractivity contribution >= 4 is 35.5 Å². The molecule has 1 unspecified atom stereocenters. The van der Waals surface area contributed by atoms with E-state index >= 15 is 0 Å². The lowest BCUT2D eigenvalue weighted by Crippen LogP contribution is -2.31. The number of halogens is 2. The van der Waals surface area contributed by atoms with E-state index in [4.69, 9.17) is 21.1 Å². The zero-order valence-electron chi connectivity index (χ0n) is 13.7. The van der Waals surface area contributed by atoms with Gasteiger partial charge in [-0.25, -0.2) is 9.18 Å². The van der Waals surface area contributed by atoms with Gasteiger partial charge < -0.3 is 14.8 Å². The summed E-state index contributed by atoms with van der Waals surface area (Å²) >= 11 is 5.82. The predicted molar refractivity (Wildman–Crippen MR) is 92.9 cm³/mol. The van der Waals surface area contributed by atoms with Crippen LogP contribution in [0, 0.1) is 5.82 Å². The van der Waals surface area contributed by atoms with Gasteiger partial charge in [-0.2, -0.15) is 0 Å². The number of ether oxygens (including phenoxy) is 2. The molecule has 136 valence electrons. The molecule has 6 nitrogen and oxygen atoms in total. The molecule has 0 aliphatic heterocycles. The summed E-state index contributed by atoms with van der Waals surface area (Å²) < 4.78 is 23.2. The summed E-state index contributed by atoms with van der Waals surface area (Å²) in [6.07, 6.45) is -0.421. The predicted octanol–water partition coefficient (Wildman–Crippen LogP) is 3.24. The van der Waals surface area contributed by atoms with Gasteiger partial charge in [0.15, 0.2) is 12.7 Å². The third kappa shape index (κ3) is 5.56. The fraction of sp³-hybridized carbons (Fsp3) is 0.167. The Hall–Kier alpha value is -2.93. The molecular formula is C18H15ClFNO5. The van der Waals surface area contributed by atoms with Crippen LogP contribution in [-0.2, 0) is 14.3 Å². The number of rotatable bonds is 7. The van der Waals surface area contributed by atoms with Crippen LogP contribution in [0.4, 0.5) is 10.1 Å². The Balaban J connectivity index is 1.83. The quantitative estimate of drug-likeness (QED) is 0.590. The van der Waals surface area contributed by atoms with Crippen LogP contribution in [0.5, 0.6) is 5.75 Å². The number of anilines is 1. The van der Waals surface area contributed by atoms with Crippen LogP contribution < -0.4 is 10.1 Å². The highest BCUT2D eigenvalue weighted by Gasteiger charge is 2.19. The number of hydrogen-bond donors (Lipinski definition) is 1. The number of nitrogens with one attached hydrogen (secondary N) is 1. The molecule has 0 fully saturated rings. The van der Waals surface area contributed by atoms with Crippen LogP contribution in [0.25, 0.3) is 0 Å². The second-order valence-electron chi connectivity index (χ2n) is 5.22. The lowest BCUT2D eigenvalue weighted by molar-refractivity contribution is -0.155. The maximum absolute atomic E-state index is 13.0. The largest absolute Gasteiger partial charge is 0.482 e. The molecule has 0 saturated carbocycles. The summed E-state index contributed by atoms with van der Waals surface area (Å²) in [5.41, 5.74) is 0.678. The van der Waals surface area contributed by atoms with Crippen LogP contribution in [-0.4, -0.2) is 30.9 Å². The van der Waals surface area contributed by atoms with Crippen LogP contribution in [0.2, 0.25) is 5.02 Å².